The highest BCUT2D eigenvalue weighted by Crippen LogP contribution is 2.16. The summed E-state index contributed by atoms with van der Waals surface area (Å²) < 4.78 is 0. The lowest BCUT2D eigenvalue weighted by Gasteiger charge is -2.25. The molecule has 0 aliphatic heterocycles. The summed E-state index contributed by atoms with van der Waals surface area (Å²) in [5, 5.41) is 5.80. The van der Waals surface area contributed by atoms with Crippen molar-refractivity contribution in [1.82, 2.24) is 10.2 Å². The van der Waals surface area contributed by atoms with Gasteiger partial charge in [-0.1, -0.05) is 42.5 Å². The number of anilines is 1. The molecule has 2 N–H and O–H groups in total. The van der Waals surface area contributed by atoms with Crippen molar-refractivity contribution >= 4 is 11.7 Å². The van der Waals surface area contributed by atoms with Gasteiger partial charge in [-0.3, -0.25) is 0 Å². The van der Waals surface area contributed by atoms with E-state index < -0.39 is 0 Å². The van der Waals surface area contributed by atoms with Crippen LogP contribution in [0.15, 0.2) is 54.6 Å². The van der Waals surface area contributed by atoms with Crippen LogP contribution in [-0.2, 0) is 0 Å². The van der Waals surface area contributed by atoms with Gasteiger partial charge in [-0.2, -0.15) is 0 Å². The topological polar surface area (TPSA) is 44.4 Å². The monoisotopic (exact) mass is 297 g/mol. The van der Waals surface area contributed by atoms with Gasteiger partial charge >= 0.3 is 6.03 Å². The molecule has 0 aliphatic rings. The Hall–Kier alpha value is -2.33. The van der Waals surface area contributed by atoms with Crippen molar-refractivity contribution in [3.05, 3.63) is 65.7 Å². The molecule has 0 saturated heterocycles. The van der Waals surface area contributed by atoms with Crippen LogP contribution in [0.25, 0.3) is 0 Å². The summed E-state index contributed by atoms with van der Waals surface area (Å²) in [5.74, 6) is 0. The minimum absolute atomic E-state index is 0.143. The Kier molecular flexibility index (Phi) is 5.55. The smallest absolute Gasteiger partial charge is 0.319 e. The molecule has 2 aromatic carbocycles. The molecule has 4 heteroatoms. The number of hydrogen-bond acceptors (Lipinski definition) is 2. The van der Waals surface area contributed by atoms with Gasteiger partial charge in [0.15, 0.2) is 0 Å². The Morgan fingerprint density at radius 3 is 2.45 bits per heavy atom. The van der Waals surface area contributed by atoms with E-state index in [1.165, 1.54) is 5.56 Å². The van der Waals surface area contributed by atoms with E-state index in [0.717, 1.165) is 11.3 Å². The third-order valence-electron chi connectivity index (χ3n) is 3.54. The van der Waals surface area contributed by atoms with Crippen molar-refractivity contribution in [3.8, 4) is 0 Å². The second kappa shape index (κ2) is 7.61. The van der Waals surface area contributed by atoms with Crippen molar-refractivity contribution in [1.29, 1.82) is 0 Å². The average molecular weight is 297 g/mol. The van der Waals surface area contributed by atoms with Crippen LogP contribution in [0.3, 0.4) is 0 Å². The summed E-state index contributed by atoms with van der Waals surface area (Å²) in [6.45, 7) is 2.55. The summed E-state index contributed by atoms with van der Waals surface area (Å²) in [7, 11) is 4.02. The molecular formula is C18H23N3O. The summed E-state index contributed by atoms with van der Waals surface area (Å²) in [6.07, 6.45) is 0. The maximum atomic E-state index is 12.0. The molecule has 0 spiro atoms. The van der Waals surface area contributed by atoms with Crippen LogP contribution in [0.5, 0.6) is 0 Å². The maximum absolute atomic E-state index is 12.0. The fourth-order valence-electron chi connectivity index (χ4n) is 2.36. The number of likely N-dealkylation sites (N-methyl/N-ethyl adjacent to an activating group) is 1. The summed E-state index contributed by atoms with van der Waals surface area (Å²) in [4.78, 5) is 14.1. The largest absolute Gasteiger partial charge is 0.336 e. The zero-order chi connectivity index (χ0) is 15.9. The molecule has 0 bridgehead atoms. The van der Waals surface area contributed by atoms with Crippen molar-refractivity contribution in [3.63, 3.8) is 0 Å². The van der Waals surface area contributed by atoms with Gasteiger partial charge < -0.3 is 15.5 Å². The standard InChI is InChI=1S/C18H23N3O/c1-14-8-7-11-16(12-14)20-18(22)19-13-17(21(2)3)15-9-5-4-6-10-15/h4-12,17H,13H2,1-3H3,(H2,19,20,22)/t17-/m1/s1. The number of amides is 2. The Bertz CT molecular complexity index is 611. The van der Waals surface area contributed by atoms with Gasteiger partial charge in [0, 0.05) is 12.2 Å². The van der Waals surface area contributed by atoms with Crippen LogP contribution < -0.4 is 10.6 Å². The average Bonchev–Trinajstić information content (AvgIpc) is 2.48. The van der Waals surface area contributed by atoms with Gasteiger partial charge in [0.25, 0.3) is 0 Å². The number of hydrogen-bond donors (Lipinski definition) is 2. The first-order valence-corrected chi connectivity index (χ1v) is 7.39. The first-order valence-electron chi connectivity index (χ1n) is 7.39. The molecule has 1 atom stereocenters. The second-order valence-electron chi connectivity index (χ2n) is 5.59. The minimum Gasteiger partial charge on any atom is -0.336 e. The highest BCUT2D eigenvalue weighted by molar-refractivity contribution is 5.89. The van der Waals surface area contributed by atoms with E-state index in [0.29, 0.717) is 6.54 Å². The molecule has 0 aliphatic carbocycles. The summed E-state index contributed by atoms with van der Waals surface area (Å²) >= 11 is 0. The number of aryl methyl sites for hydroxylation is 1. The molecule has 22 heavy (non-hydrogen) atoms. The third kappa shape index (κ3) is 4.60. The van der Waals surface area contributed by atoms with Crippen molar-refractivity contribution in [2.75, 3.05) is 26.0 Å². The normalized spacial score (nSPS) is 12.0. The molecule has 0 aromatic heterocycles. The van der Waals surface area contributed by atoms with Gasteiger partial charge in [-0.05, 0) is 44.3 Å². The van der Waals surface area contributed by atoms with E-state index >= 15 is 0 Å². The first-order chi connectivity index (χ1) is 10.6. The van der Waals surface area contributed by atoms with E-state index in [4.69, 9.17) is 0 Å². The number of carbonyl (C=O) groups excluding carboxylic acids is 1. The van der Waals surface area contributed by atoms with Crippen LogP contribution in [0.1, 0.15) is 17.2 Å². The quantitative estimate of drug-likeness (QED) is 0.888. The third-order valence-corrected chi connectivity index (χ3v) is 3.54. The SMILES string of the molecule is Cc1cccc(NC(=O)NC[C@H](c2ccccc2)N(C)C)c1. The zero-order valence-electron chi connectivity index (χ0n) is 13.3. The highest BCUT2D eigenvalue weighted by atomic mass is 16.2. The number of urea groups is 1. The zero-order valence-corrected chi connectivity index (χ0v) is 13.3. The van der Waals surface area contributed by atoms with Gasteiger partial charge in [0.05, 0.1) is 6.04 Å². The predicted octanol–water partition coefficient (Wildman–Crippen LogP) is 3.42. The van der Waals surface area contributed by atoms with E-state index in [2.05, 4.69) is 27.7 Å². The molecule has 2 aromatic rings. The molecule has 0 unspecified atom stereocenters. The fraction of sp³-hybridized carbons (Fsp3) is 0.278. The molecule has 0 fully saturated rings. The van der Waals surface area contributed by atoms with Crippen LogP contribution >= 0.6 is 0 Å². The lowest BCUT2D eigenvalue weighted by atomic mass is 10.1. The highest BCUT2D eigenvalue weighted by Gasteiger charge is 2.14. The van der Waals surface area contributed by atoms with Crippen LogP contribution in [0.2, 0.25) is 0 Å². The van der Waals surface area contributed by atoms with Gasteiger partial charge in [0.2, 0.25) is 0 Å². The molecule has 2 amide bonds. The lowest BCUT2D eigenvalue weighted by molar-refractivity contribution is 0.243. The van der Waals surface area contributed by atoms with E-state index in [9.17, 15) is 4.79 Å². The van der Waals surface area contributed by atoms with Crippen LogP contribution in [-0.4, -0.2) is 31.6 Å². The van der Waals surface area contributed by atoms with Crippen LogP contribution in [0.4, 0.5) is 10.5 Å². The number of rotatable bonds is 5. The maximum Gasteiger partial charge on any atom is 0.319 e. The van der Waals surface area contributed by atoms with Gasteiger partial charge in [0.1, 0.15) is 0 Å². The van der Waals surface area contributed by atoms with Crippen molar-refractivity contribution in [2.24, 2.45) is 0 Å². The Morgan fingerprint density at radius 1 is 1.09 bits per heavy atom. The molecule has 116 valence electrons. The summed E-state index contributed by atoms with van der Waals surface area (Å²) in [6, 6.07) is 17.9. The molecule has 0 saturated carbocycles. The minimum atomic E-state index is -0.187. The Labute approximate surface area is 132 Å². The first kappa shape index (κ1) is 16.0. The fourth-order valence-corrected chi connectivity index (χ4v) is 2.36. The molecule has 0 radical (unpaired) electrons. The van der Waals surface area contributed by atoms with Crippen LogP contribution in [0, 0.1) is 6.92 Å². The number of nitrogens with one attached hydrogen (secondary N) is 2. The molecule has 4 nitrogen and oxygen atoms in total. The molecule has 0 heterocycles. The molecule has 2 rings (SSSR count). The second-order valence-corrected chi connectivity index (χ2v) is 5.59. The number of carbonyl (C=O) groups is 1. The van der Waals surface area contributed by atoms with Crippen molar-refractivity contribution in [2.45, 2.75) is 13.0 Å². The Morgan fingerprint density at radius 2 is 1.82 bits per heavy atom. The van der Waals surface area contributed by atoms with Gasteiger partial charge in [-0.25, -0.2) is 4.79 Å². The van der Waals surface area contributed by atoms with Gasteiger partial charge in [-0.15, -0.1) is 0 Å². The summed E-state index contributed by atoms with van der Waals surface area (Å²) in [5.41, 5.74) is 3.11. The van der Waals surface area contributed by atoms with E-state index in [1.54, 1.807) is 0 Å². The number of benzene rings is 2. The Balaban J connectivity index is 1.94. The lowest BCUT2D eigenvalue weighted by Crippen LogP contribution is -2.36. The van der Waals surface area contributed by atoms with E-state index in [-0.39, 0.29) is 12.1 Å². The number of nitrogens with zero attached hydrogens (tertiary/aromatic N) is 1. The predicted molar refractivity (Wildman–Crippen MR) is 91.1 cm³/mol. The van der Waals surface area contributed by atoms with E-state index in [1.807, 2.05) is 63.5 Å². The van der Waals surface area contributed by atoms with Crippen molar-refractivity contribution < 1.29 is 4.79 Å². The molecular weight excluding hydrogens is 274 g/mol.